The van der Waals surface area contributed by atoms with Crippen molar-refractivity contribution < 1.29 is 19.1 Å². The van der Waals surface area contributed by atoms with Crippen molar-refractivity contribution in [1.82, 2.24) is 9.97 Å². The molecule has 0 atom stereocenters. The third-order valence-electron chi connectivity index (χ3n) is 3.13. The van der Waals surface area contributed by atoms with Gasteiger partial charge in [-0.2, -0.15) is 4.98 Å². The molecule has 0 radical (unpaired) electrons. The second-order valence-electron chi connectivity index (χ2n) is 4.63. The Bertz CT molecular complexity index is 971. The van der Waals surface area contributed by atoms with E-state index in [2.05, 4.69) is 9.97 Å². The lowest BCUT2D eigenvalue weighted by atomic mass is 10.1. The molecule has 1 aromatic rings. The number of nitrogens with zero attached hydrogens (tertiary/aromatic N) is 1. The normalized spacial score (nSPS) is 11.0. The van der Waals surface area contributed by atoms with Crippen LogP contribution in [0.5, 0.6) is 5.75 Å². The number of fused-ring (bicyclic) bond motifs is 2. The van der Waals surface area contributed by atoms with Gasteiger partial charge in [0.1, 0.15) is 16.9 Å². The summed E-state index contributed by atoms with van der Waals surface area (Å²) in [5.41, 5.74) is -0.296. The lowest BCUT2D eigenvalue weighted by Crippen LogP contribution is -2.24. The highest BCUT2D eigenvalue weighted by Crippen LogP contribution is 2.31. The summed E-state index contributed by atoms with van der Waals surface area (Å²) in [7, 11) is 0. The molecule has 0 aromatic heterocycles. The number of carbonyl (C=O) groups is 1. The Morgan fingerprint density at radius 2 is 2.18 bits per heavy atom. The van der Waals surface area contributed by atoms with E-state index in [-0.39, 0.29) is 11.5 Å². The zero-order chi connectivity index (χ0) is 15.9. The molecule has 3 rings (SSSR count). The van der Waals surface area contributed by atoms with Crippen LogP contribution in [0.3, 0.4) is 0 Å². The van der Waals surface area contributed by atoms with Crippen LogP contribution < -0.4 is 16.0 Å². The van der Waals surface area contributed by atoms with Crippen LogP contribution in [0.2, 0.25) is 0 Å². The van der Waals surface area contributed by atoms with Gasteiger partial charge in [-0.15, -0.1) is 0 Å². The van der Waals surface area contributed by atoms with Gasteiger partial charge in [0.05, 0.1) is 0 Å². The maximum atomic E-state index is 11.7. The van der Waals surface area contributed by atoms with Crippen LogP contribution in [0.25, 0.3) is 22.4 Å². The van der Waals surface area contributed by atoms with Crippen LogP contribution in [0.4, 0.5) is 0 Å². The Morgan fingerprint density at radius 3 is 2.91 bits per heavy atom. The first-order chi connectivity index (χ1) is 10.5. The van der Waals surface area contributed by atoms with Gasteiger partial charge in [-0.05, 0) is 25.1 Å². The molecule has 0 spiro atoms. The molecule has 1 aromatic carbocycles. The maximum Gasteiger partial charge on any atom is 0.351 e. The van der Waals surface area contributed by atoms with E-state index in [1.807, 2.05) is 0 Å². The van der Waals surface area contributed by atoms with E-state index in [0.717, 1.165) is 0 Å². The molecule has 2 aliphatic heterocycles. The number of rotatable bonds is 3. The maximum absolute atomic E-state index is 11.7. The molecule has 0 unspecified atom stereocenters. The fraction of sp³-hybridized carbons (Fsp3) is 0.143. The Balaban J connectivity index is 2.24. The zero-order valence-electron chi connectivity index (χ0n) is 11.4. The van der Waals surface area contributed by atoms with Gasteiger partial charge >= 0.3 is 11.7 Å². The highest BCUT2D eigenvalue weighted by Gasteiger charge is 2.16. The lowest BCUT2D eigenvalue weighted by Gasteiger charge is -2.11. The van der Waals surface area contributed by atoms with E-state index in [9.17, 15) is 14.4 Å². The summed E-state index contributed by atoms with van der Waals surface area (Å²) in [6.07, 6.45) is 0. The number of carboxylic acids is 1. The van der Waals surface area contributed by atoms with Crippen LogP contribution in [-0.2, 0) is 4.79 Å². The average Bonchev–Trinajstić information content (AvgIpc) is 2.45. The number of ether oxygens (including phenoxy) is 1. The molecule has 0 fully saturated rings. The fourth-order valence-electron chi connectivity index (χ4n) is 2.14. The molecule has 8 nitrogen and oxygen atoms in total. The predicted octanol–water partition coefficient (Wildman–Crippen LogP) is 0.753. The molecular weight excluding hydrogens is 292 g/mol. The topological polar surface area (TPSA) is 122 Å². The molecule has 2 N–H and O–H groups in total. The van der Waals surface area contributed by atoms with Crippen molar-refractivity contribution in [3.05, 3.63) is 44.6 Å². The van der Waals surface area contributed by atoms with Crippen LogP contribution in [0.15, 0.2) is 32.2 Å². The molecule has 2 heterocycles. The minimum Gasteiger partial charge on any atom is -0.481 e. The first kappa shape index (κ1) is 13.8. The van der Waals surface area contributed by atoms with Crippen LogP contribution in [-0.4, -0.2) is 27.7 Å². The number of carboxylic acid groups (broad SMARTS) is 1. The Labute approximate surface area is 122 Å². The van der Waals surface area contributed by atoms with Gasteiger partial charge in [0, 0.05) is 10.9 Å². The van der Waals surface area contributed by atoms with Crippen molar-refractivity contribution >= 4 is 16.9 Å². The predicted molar refractivity (Wildman–Crippen MR) is 75.4 cm³/mol. The summed E-state index contributed by atoms with van der Waals surface area (Å²) < 4.78 is 10.7. The number of nitrogens with one attached hydrogen (secondary N) is 1. The molecule has 0 aliphatic carbocycles. The quantitative estimate of drug-likeness (QED) is 0.684. The number of hydrogen-bond acceptors (Lipinski definition) is 6. The SMILES string of the molecule is Cc1c(OCC(=O)O)ccc2cc3c(=O)[nH]c(=O)nc-3oc12. The average molecular weight is 302 g/mol. The summed E-state index contributed by atoms with van der Waals surface area (Å²) in [6.45, 7) is 1.20. The van der Waals surface area contributed by atoms with Crippen molar-refractivity contribution in [2.45, 2.75) is 6.92 Å². The second kappa shape index (κ2) is 4.99. The Kier molecular flexibility index (Phi) is 3.13. The van der Waals surface area contributed by atoms with Crippen LogP contribution >= 0.6 is 0 Å². The third-order valence-corrected chi connectivity index (χ3v) is 3.13. The molecule has 112 valence electrons. The zero-order valence-corrected chi connectivity index (χ0v) is 11.4. The van der Waals surface area contributed by atoms with Gasteiger partial charge in [-0.1, -0.05) is 0 Å². The van der Waals surface area contributed by atoms with Gasteiger partial charge in [0.2, 0.25) is 5.89 Å². The largest absolute Gasteiger partial charge is 0.481 e. The van der Waals surface area contributed by atoms with E-state index in [4.69, 9.17) is 14.3 Å². The summed E-state index contributed by atoms with van der Waals surface area (Å²) >= 11 is 0. The smallest absolute Gasteiger partial charge is 0.351 e. The van der Waals surface area contributed by atoms with E-state index < -0.39 is 23.8 Å². The Morgan fingerprint density at radius 1 is 1.41 bits per heavy atom. The van der Waals surface area contributed by atoms with Crippen molar-refractivity contribution in [3.8, 4) is 17.2 Å². The van der Waals surface area contributed by atoms with Gasteiger partial charge in [0.25, 0.3) is 5.56 Å². The van der Waals surface area contributed by atoms with Gasteiger partial charge in [-0.3, -0.25) is 9.78 Å². The Hall–Kier alpha value is -3.16. The summed E-state index contributed by atoms with van der Waals surface area (Å²) in [6, 6.07) is 4.77. The summed E-state index contributed by atoms with van der Waals surface area (Å²) in [5, 5.41) is 9.26. The number of aromatic amines is 1. The minimum atomic E-state index is -1.10. The van der Waals surface area contributed by atoms with Crippen LogP contribution in [0.1, 0.15) is 5.56 Å². The van der Waals surface area contributed by atoms with E-state index in [1.165, 1.54) is 0 Å². The standard InChI is InChI=1S/C14H10N2O6/c1-6-9(21-5-10(17)18)3-2-7-4-8-12(19)15-14(20)16-13(8)22-11(6)7/h2-4H,5H2,1H3,(H,17,18)(H,15,19,20). The second-order valence-corrected chi connectivity index (χ2v) is 4.63. The third kappa shape index (κ3) is 2.30. The number of aliphatic carboxylic acids is 1. The summed E-state index contributed by atoms with van der Waals surface area (Å²) in [5.74, 6) is -0.843. The number of hydrogen-bond donors (Lipinski definition) is 2. The van der Waals surface area contributed by atoms with Crippen molar-refractivity contribution in [1.29, 1.82) is 0 Å². The van der Waals surface area contributed by atoms with Crippen molar-refractivity contribution in [3.63, 3.8) is 0 Å². The molecule has 0 saturated heterocycles. The van der Waals surface area contributed by atoms with Crippen LogP contribution in [0, 0.1) is 6.92 Å². The molecule has 0 amide bonds. The molecule has 0 saturated carbocycles. The van der Waals surface area contributed by atoms with Gasteiger partial charge < -0.3 is 14.3 Å². The van der Waals surface area contributed by atoms with E-state index >= 15 is 0 Å². The van der Waals surface area contributed by atoms with E-state index in [0.29, 0.717) is 22.3 Å². The van der Waals surface area contributed by atoms with Gasteiger partial charge in [0.15, 0.2) is 6.61 Å². The molecule has 8 heteroatoms. The molecule has 0 bridgehead atoms. The number of aromatic nitrogens is 2. The molecule has 22 heavy (non-hydrogen) atoms. The fourth-order valence-corrected chi connectivity index (χ4v) is 2.14. The minimum absolute atomic E-state index is 0.0836. The first-order valence-electron chi connectivity index (χ1n) is 6.28. The highest BCUT2D eigenvalue weighted by molar-refractivity contribution is 5.86. The first-order valence-corrected chi connectivity index (χ1v) is 6.28. The van der Waals surface area contributed by atoms with Gasteiger partial charge in [-0.25, -0.2) is 9.59 Å². The lowest BCUT2D eigenvalue weighted by molar-refractivity contribution is -0.139. The molecular formula is C14H10N2O6. The number of aryl methyl sites for hydroxylation is 1. The monoisotopic (exact) mass is 302 g/mol. The number of H-pyrrole nitrogens is 1. The number of benzene rings is 1. The highest BCUT2D eigenvalue weighted by atomic mass is 16.5. The van der Waals surface area contributed by atoms with Crippen molar-refractivity contribution in [2.75, 3.05) is 6.61 Å². The van der Waals surface area contributed by atoms with E-state index in [1.54, 1.807) is 25.1 Å². The van der Waals surface area contributed by atoms with Crippen molar-refractivity contribution in [2.24, 2.45) is 0 Å². The summed E-state index contributed by atoms with van der Waals surface area (Å²) in [4.78, 5) is 39.2. The molecule has 2 aliphatic rings.